The van der Waals surface area contributed by atoms with Gasteiger partial charge < -0.3 is 0 Å². The average molecular weight is 342 g/mol. The molecular formula is C17H18N4O2S. The van der Waals surface area contributed by atoms with E-state index in [0.29, 0.717) is 27.6 Å². The lowest BCUT2D eigenvalue weighted by molar-refractivity contribution is 0.701. The van der Waals surface area contributed by atoms with E-state index in [4.69, 9.17) is 0 Å². The molecule has 0 radical (unpaired) electrons. The molecule has 0 aliphatic rings. The van der Waals surface area contributed by atoms with Crippen molar-refractivity contribution in [3.05, 3.63) is 62.1 Å². The molecule has 0 aliphatic carbocycles. The van der Waals surface area contributed by atoms with Gasteiger partial charge in [-0.05, 0) is 25.0 Å². The van der Waals surface area contributed by atoms with E-state index in [1.54, 1.807) is 14.0 Å². The Morgan fingerprint density at radius 2 is 1.75 bits per heavy atom. The first kappa shape index (κ1) is 16.4. The van der Waals surface area contributed by atoms with E-state index >= 15 is 0 Å². The zero-order valence-corrected chi connectivity index (χ0v) is 14.8. The summed E-state index contributed by atoms with van der Waals surface area (Å²) in [6.45, 7) is 3.82. The zero-order chi connectivity index (χ0) is 17.4. The van der Waals surface area contributed by atoms with Crippen LogP contribution in [0.2, 0.25) is 0 Å². The number of hydrogen-bond acceptors (Lipinski definition) is 5. The first-order valence-corrected chi connectivity index (χ1v) is 8.50. The van der Waals surface area contributed by atoms with E-state index in [1.165, 1.54) is 34.5 Å². The smallest absolute Gasteiger partial charge is 0.280 e. The molecule has 2 heterocycles. The van der Waals surface area contributed by atoms with Crippen molar-refractivity contribution in [1.29, 1.82) is 0 Å². The molecule has 0 bridgehead atoms. The van der Waals surface area contributed by atoms with Crippen LogP contribution in [-0.2, 0) is 19.8 Å². The van der Waals surface area contributed by atoms with Crippen molar-refractivity contribution >= 4 is 22.8 Å². The molecule has 0 atom stereocenters. The molecule has 0 spiro atoms. The molecule has 0 aliphatic heterocycles. The van der Waals surface area contributed by atoms with Crippen LogP contribution in [0.5, 0.6) is 0 Å². The second-order valence-corrected chi connectivity index (χ2v) is 6.66. The van der Waals surface area contributed by atoms with Gasteiger partial charge in [0.2, 0.25) is 0 Å². The molecule has 0 amide bonds. The average Bonchev–Trinajstić information content (AvgIpc) is 2.56. The van der Waals surface area contributed by atoms with E-state index in [2.05, 4.69) is 29.0 Å². The number of nitrogens with zero attached hydrogens (tertiary/aromatic N) is 4. The monoisotopic (exact) mass is 342 g/mol. The largest absolute Gasteiger partial charge is 0.332 e. The highest BCUT2D eigenvalue weighted by molar-refractivity contribution is 7.98. The van der Waals surface area contributed by atoms with Crippen LogP contribution in [0.4, 0.5) is 0 Å². The molecule has 0 unspecified atom stereocenters. The first-order valence-electron chi connectivity index (χ1n) is 7.52. The number of hydrogen-bond donors (Lipinski definition) is 0. The van der Waals surface area contributed by atoms with Crippen LogP contribution in [-0.4, -0.2) is 19.1 Å². The van der Waals surface area contributed by atoms with Crippen LogP contribution in [0.15, 0.2) is 38.9 Å². The van der Waals surface area contributed by atoms with Crippen molar-refractivity contribution in [1.82, 2.24) is 19.1 Å². The second kappa shape index (κ2) is 6.24. The number of rotatable bonds is 3. The van der Waals surface area contributed by atoms with E-state index in [9.17, 15) is 9.59 Å². The summed E-state index contributed by atoms with van der Waals surface area (Å²) in [5, 5.41) is 1.00. The van der Waals surface area contributed by atoms with Gasteiger partial charge in [-0.25, -0.2) is 14.8 Å². The number of aryl methyl sites for hydroxylation is 3. The van der Waals surface area contributed by atoms with Crippen LogP contribution < -0.4 is 11.2 Å². The summed E-state index contributed by atoms with van der Waals surface area (Å²) in [6, 6.07) is 8.11. The van der Waals surface area contributed by atoms with E-state index in [0.717, 1.165) is 4.57 Å². The zero-order valence-electron chi connectivity index (χ0n) is 14.0. The van der Waals surface area contributed by atoms with Gasteiger partial charge in [-0.1, -0.05) is 24.3 Å². The molecule has 0 saturated carbocycles. The minimum absolute atomic E-state index is 0.361. The third-order valence-electron chi connectivity index (χ3n) is 4.00. The van der Waals surface area contributed by atoms with Gasteiger partial charge >= 0.3 is 5.69 Å². The Morgan fingerprint density at radius 1 is 1.04 bits per heavy atom. The van der Waals surface area contributed by atoms with Crippen molar-refractivity contribution in [2.24, 2.45) is 14.1 Å². The summed E-state index contributed by atoms with van der Waals surface area (Å²) in [7, 11) is 3.09. The number of aromatic nitrogens is 4. The molecule has 0 fully saturated rings. The van der Waals surface area contributed by atoms with E-state index in [1.807, 2.05) is 12.1 Å². The predicted molar refractivity (Wildman–Crippen MR) is 95.5 cm³/mol. The van der Waals surface area contributed by atoms with Gasteiger partial charge in [0.1, 0.15) is 16.2 Å². The van der Waals surface area contributed by atoms with Crippen LogP contribution in [0, 0.1) is 13.8 Å². The molecule has 7 heteroatoms. The van der Waals surface area contributed by atoms with Crippen molar-refractivity contribution in [3.8, 4) is 0 Å². The summed E-state index contributed by atoms with van der Waals surface area (Å²) in [6.07, 6.45) is 0. The van der Waals surface area contributed by atoms with E-state index in [-0.39, 0.29) is 11.2 Å². The van der Waals surface area contributed by atoms with Gasteiger partial charge in [0.05, 0.1) is 0 Å². The van der Waals surface area contributed by atoms with Gasteiger partial charge in [-0.15, -0.1) is 11.8 Å². The molecule has 6 nitrogen and oxygen atoms in total. The summed E-state index contributed by atoms with van der Waals surface area (Å²) in [4.78, 5) is 33.4. The highest BCUT2D eigenvalue weighted by atomic mass is 32.2. The lowest BCUT2D eigenvalue weighted by atomic mass is 10.1. The van der Waals surface area contributed by atoms with Crippen LogP contribution in [0.25, 0.3) is 11.0 Å². The maximum Gasteiger partial charge on any atom is 0.332 e. The van der Waals surface area contributed by atoms with Crippen LogP contribution in [0.3, 0.4) is 0 Å². The van der Waals surface area contributed by atoms with E-state index < -0.39 is 0 Å². The number of benzene rings is 1. The first-order chi connectivity index (χ1) is 11.4. The fourth-order valence-electron chi connectivity index (χ4n) is 2.56. The quantitative estimate of drug-likeness (QED) is 0.537. The third kappa shape index (κ3) is 2.75. The van der Waals surface area contributed by atoms with Crippen molar-refractivity contribution in [2.45, 2.75) is 24.6 Å². The summed E-state index contributed by atoms with van der Waals surface area (Å²) in [5.41, 5.74) is 2.01. The number of thioether (sulfide) groups is 1. The van der Waals surface area contributed by atoms with Gasteiger partial charge in [0, 0.05) is 19.8 Å². The molecule has 0 saturated heterocycles. The third-order valence-corrected chi connectivity index (χ3v) is 5.03. The lowest BCUT2D eigenvalue weighted by Gasteiger charge is -2.11. The molecule has 3 rings (SSSR count). The van der Waals surface area contributed by atoms with Gasteiger partial charge in [-0.2, -0.15) is 0 Å². The molecule has 1 aromatic carbocycles. The fraction of sp³-hybridized carbons (Fsp3) is 0.294. The maximum absolute atomic E-state index is 12.6. The van der Waals surface area contributed by atoms with Crippen molar-refractivity contribution in [2.75, 3.05) is 0 Å². The van der Waals surface area contributed by atoms with Crippen LogP contribution >= 0.6 is 11.8 Å². The summed E-state index contributed by atoms with van der Waals surface area (Å²) in [5.74, 6) is 1.24. The maximum atomic E-state index is 12.6. The van der Waals surface area contributed by atoms with Gasteiger partial charge in [0.15, 0.2) is 5.65 Å². The Labute approximate surface area is 143 Å². The lowest BCUT2D eigenvalue weighted by Crippen LogP contribution is -2.37. The predicted octanol–water partition coefficient (Wildman–Crippen LogP) is 1.94. The Kier molecular flexibility index (Phi) is 4.28. The highest BCUT2D eigenvalue weighted by Crippen LogP contribution is 2.26. The highest BCUT2D eigenvalue weighted by Gasteiger charge is 2.16. The fourth-order valence-corrected chi connectivity index (χ4v) is 3.69. The molecule has 124 valence electrons. The number of fused-ring (bicyclic) bond motifs is 1. The van der Waals surface area contributed by atoms with Crippen molar-refractivity contribution in [3.63, 3.8) is 0 Å². The topological polar surface area (TPSA) is 69.8 Å². The molecule has 2 aromatic heterocycles. The minimum Gasteiger partial charge on any atom is -0.280 e. The summed E-state index contributed by atoms with van der Waals surface area (Å²) < 4.78 is 2.49. The standard InChI is InChI=1S/C17H18N4O2S/c1-10-7-5-6-8-12(10)9-24-15-13-14(18-11(2)19-15)20(3)17(23)21(4)16(13)22/h5-8H,9H2,1-4H3. The Hall–Kier alpha value is -2.41. The molecule has 0 N–H and O–H groups in total. The normalized spacial score (nSPS) is 11.2. The van der Waals surface area contributed by atoms with Gasteiger partial charge in [0.25, 0.3) is 5.56 Å². The van der Waals surface area contributed by atoms with Crippen LogP contribution in [0.1, 0.15) is 17.0 Å². The molecule has 24 heavy (non-hydrogen) atoms. The molecule has 3 aromatic rings. The summed E-state index contributed by atoms with van der Waals surface area (Å²) >= 11 is 1.49. The molecular weight excluding hydrogens is 324 g/mol. The second-order valence-electron chi connectivity index (χ2n) is 5.70. The van der Waals surface area contributed by atoms with Crippen molar-refractivity contribution < 1.29 is 0 Å². The minimum atomic E-state index is -0.388. The Bertz CT molecular complexity index is 1050. The Morgan fingerprint density at radius 3 is 2.46 bits per heavy atom. The van der Waals surface area contributed by atoms with Gasteiger partial charge in [-0.3, -0.25) is 13.9 Å². The Balaban J connectivity index is 2.16. The SMILES string of the molecule is Cc1nc(SCc2ccccc2C)c2c(=O)n(C)c(=O)n(C)c2n1.